The Balaban J connectivity index is 2.34. The molecule has 0 aromatic carbocycles. The van der Waals surface area contributed by atoms with E-state index in [0.717, 1.165) is 11.3 Å². The Bertz CT molecular complexity index is 376. The van der Waals surface area contributed by atoms with Crippen molar-refractivity contribution >= 4 is 17.6 Å². The van der Waals surface area contributed by atoms with Crippen molar-refractivity contribution in [3.63, 3.8) is 0 Å². The lowest BCUT2D eigenvalue weighted by atomic mass is 10.2. The molecule has 0 amide bonds. The van der Waals surface area contributed by atoms with Crippen molar-refractivity contribution in [3.05, 3.63) is 16.4 Å². The molecule has 0 atom stereocenters. The summed E-state index contributed by atoms with van der Waals surface area (Å²) in [4.78, 5) is 10.3. The zero-order chi connectivity index (χ0) is 12.1. The van der Waals surface area contributed by atoms with Crippen molar-refractivity contribution in [1.29, 1.82) is 0 Å². The van der Waals surface area contributed by atoms with Crippen LogP contribution in [0.1, 0.15) is 24.1 Å². The highest BCUT2D eigenvalue weighted by molar-refractivity contribution is 6.30. The van der Waals surface area contributed by atoms with Crippen LogP contribution in [-0.4, -0.2) is 27.4 Å². The average molecular weight is 246 g/mol. The molecule has 2 N–H and O–H groups in total. The number of rotatable bonds is 6. The lowest BCUT2D eigenvalue weighted by Gasteiger charge is -2.03. The number of carboxylic acids is 1. The number of aromatic nitrogens is 2. The van der Waals surface area contributed by atoms with Crippen molar-refractivity contribution in [2.75, 3.05) is 6.54 Å². The second-order valence-corrected chi connectivity index (χ2v) is 4.01. The van der Waals surface area contributed by atoms with E-state index in [4.69, 9.17) is 16.7 Å². The summed E-state index contributed by atoms with van der Waals surface area (Å²) in [6, 6.07) is 0. The maximum Gasteiger partial charge on any atom is 0.303 e. The molecule has 0 aliphatic heterocycles. The highest BCUT2D eigenvalue weighted by atomic mass is 35.5. The monoisotopic (exact) mass is 245 g/mol. The summed E-state index contributed by atoms with van der Waals surface area (Å²) in [7, 11) is 1.79. The third kappa shape index (κ3) is 3.50. The standard InChI is InChI=1S/C10H16ClN3O2/c1-7-8(10(11)14(2)13-7)6-12-5-3-4-9(15)16/h12H,3-6H2,1-2H3,(H,15,16). The number of hydrogen-bond donors (Lipinski definition) is 2. The summed E-state index contributed by atoms with van der Waals surface area (Å²) < 4.78 is 1.63. The fourth-order valence-corrected chi connectivity index (χ4v) is 1.69. The molecule has 1 aromatic rings. The van der Waals surface area contributed by atoms with Crippen LogP contribution in [0.15, 0.2) is 0 Å². The predicted octanol–water partition coefficient (Wildman–Crippen LogP) is 1.34. The molecule has 1 aromatic heterocycles. The minimum absolute atomic E-state index is 0.187. The molecule has 0 aliphatic carbocycles. The Kier molecular flexibility index (Phi) is 4.76. The Hall–Kier alpha value is -1.07. The Morgan fingerprint density at radius 1 is 1.62 bits per heavy atom. The highest BCUT2D eigenvalue weighted by Crippen LogP contribution is 2.17. The molecule has 90 valence electrons. The van der Waals surface area contributed by atoms with Crippen LogP contribution in [0.4, 0.5) is 0 Å². The van der Waals surface area contributed by atoms with Gasteiger partial charge in [0.25, 0.3) is 0 Å². The number of carbonyl (C=O) groups is 1. The van der Waals surface area contributed by atoms with Gasteiger partial charge >= 0.3 is 5.97 Å². The van der Waals surface area contributed by atoms with Crippen molar-refractivity contribution in [2.45, 2.75) is 26.3 Å². The summed E-state index contributed by atoms with van der Waals surface area (Å²) in [6.07, 6.45) is 0.805. The van der Waals surface area contributed by atoms with Gasteiger partial charge in [-0.3, -0.25) is 9.48 Å². The molecule has 0 fully saturated rings. The molecule has 0 aliphatic rings. The second kappa shape index (κ2) is 5.86. The summed E-state index contributed by atoms with van der Waals surface area (Å²) in [5, 5.41) is 16.4. The van der Waals surface area contributed by atoms with E-state index >= 15 is 0 Å². The van der Waals surface area contributed by atoms with Gasteiger partial charge in [-0.1, -0.05) is 11.6 Å². The minimum atomic E-state index is -0.766. The van der Waals surface area contributed by atoms with E-state index in [2.05, 4.69) is 10.4 Å². The van der Waals surface area contributed by atoms with Crippen LogP contribution in [0.5, 0.6) is 0 Å². The van der Waals surface area contributed by atoms with Gasteiger partial charge in [-0.2, -0.15) is 5.10 Å². The molecule has 0 saturated carbocycles. The van der Waals surface area contributed by atoms with Gasteiger partial charge in [-0.15, -0.1) is 0 Å². The van der Waals surface area contributed by atoms with Gasteiger partial charge in [0.05, 0.1) is 5.69 Å². The van der Waals surface area contributed by atoms with Gasteiger partial charge in [0, 0.05) is 25.6 Å². The Morgan fingerprint density at radius 2 is 2.31 bits per heavy atom. The maximum atomic E-state index is 10.3. The number of nitrogens with zero attached hydrogens (tertiary/aromatic N) is 2. The molecular weight excluding hydrogens is 230 g/mol. The summed E-state index contributed by atoms with van der Waals surface area (Å²) in [5.74, 6) is -0.766. The van der Waals surface area contributed by atoms with Gasteiger partial charge < -0.3 is 10.4 Å². The van der Waals surface area contributed by atoms with Crippen LogP contribution in [0.2, 0.25) is 5.15 Å². The highest BCUT2D eigenvalue weighted by Gasteiger charge is 2.09. The third-order valence-electron chi connectivity index (χ3n) is 2.32. The van der Waals surface area contributed by atoms with Gasteiger partial charge in [0.2, 0.25) is 0 Å². The predicted molar refractivity (Wildman–Crippen MR) is 61.5 cm³/mol. The van der Waals surface area contributed by atoms with Gasteiger partial charge in [-0.05, 0) is 19.9 Å². The van der Waals surface area contributed by atoms with E-state index in [1.165, 1.54) is 0 Å². The summed E-state index contributed by atoms with van der Waals surface area (Å²) >= 11 is 6.04. The molecule has 0 bridgehead atoms. The van der Waals surface area contributed by atoms with Crippen LogP contribution < -0.4 is 5.32 Å². The zero-order valence-corrected chi connectivity index (χ0v) is 10.2. The van der Waals surface area contributed by atoms with Crippen LogP contribution >= 0.6 is 11.6 Å². The van der Waals surface area contributed by atoms with Gasteiger partial charge in [-0.25, -0.2) is 0 Å². The molecule has 1 heterocycles. The van der Waals surface area contributed by atoms with Crippen LogP contribution in [0.25, 0.3) is 0 Å². The summed E-state index contributed by atoms with van der Waals surface area (Å²) in [6.45, 7) is 3.19. The second-order valence-electron chi connectivity index (χ2n) is 3.65. The van der Waals surface area contributed by atoms with Crippen LogP contribution in [-0.2, 0) is 18.4 Å². The fraction of sp³-hybridized carbons (Fsp3) is 0.600. The normalized spacial score (nSPS) is 10.7. The first kappa shape index (κ1) is 13.0. The SMILES string of the molecule is Cc1nn(C)c(Cl)c1CNCCCC(=O)O. The average Bonchev–Trinajstić information content (AvgIpc) is 2.43. The number of halogens is 1. The molecule has 16 heavy (non-hydrogen) atoms. The number of hydrogen-bond acceptors (Lipinski definition) is 3. The van der Waals surface area contributed by atoms with Crippen molar-refractivity contribution < 1.29 is 9.90 Å². The topological polar surface area (TPSA) is 67.2 Å². The number of aliphatic carboxylic acids is 1. The van der Waals surface area contributed by atoms with Crippen LogP contribution in [0, 0.1) is 6.92 Å². The van der Waals surface area contributed by atoms with Crippen molar-refractivity contribution in [2.24, 2.45) is 7.05 Å². The van der Waals surface area contributed by atoms with E-state index in [1.807, 2.05) is 6.92 Å². The quantitative estimate of drug-likeness (QED) is 0.743. The van der Waals surface area contributed by atoms with E-state index in [9.17, 15) is 4.79 Å². The molecule has 6 heteroatoms. The van der Waals surface area contributed by atoms with Gasteiger partial charge in [0.1, 0.15) is 5.15 Å². The largest absolute Gasteiger partial charge is 0.481 e. The van der Waals surface area contributed by atoms with E-state index in [0.29, 0.717) is 24.7 Å². The van der Waals surface area contributed by atoms with E-state index < -0.39 is 5.97 Å². The first-order valence-corrected chi connectivity index (χ1v) is 5.50. The maximum absolute atomic E-state index is 10.3. The Labute approximate surface area is 99.4 Å². The zero-order valence-electron chi connectivity index (χ0n) is 9.46. The minimum Gasteiger partial charge on any atom is -0.481 e. The lowest BCUT2D eigenvalue weighted by Crippen LogP contribution is -2.16. The smallest absolute Gasteiger partial charge is 0.303 e. The molecule has 1 rings (SSSR count). The van der Waals surface area contributed by atoms with Crippen molar-refractivity contribution in [1.82, 2.24) is 15.1 Å². The first-order chi connectivity index (χ1) is 7.52. The van der Waals surface area contributed by atoms with E-state index in [-0.39, 0.29) is 6.42 Å². The van der Waals surface area contributed by atoms with Gasteiger partial charge in [0.15, 0.2) is 0 Å². The lowest BCUT2D eigenvalue weighted by molar-refractivity contribution is -0.137. The third-order valence-corrected chi connectivity index (χ3v) is 2.79. The first-order valence-electron chi connectivity index (χ1n) is 5.13. The molecule has 0 spiro atoms. The Morgan fingerprint density at radius 3 is 2.81 bits per heavy atom. The molecular formula is C10H16ClN3O2. The molecule has 0 unspecified atom stereocenters. The number of carboxylic acid groups (broad SMARTS) is 1. The van der Waals surface area contributed by atoms with Crippen molar-refractivity contribution in [3.8, 4) is 0 Å². The fourth-order valence-electron chi connectivity index (χ4n) is 1.45. The molecule has 0 saturated heterocycles. The molecule has 0 radical (unpaired) electrons. The number of aryl methyl sites for hydroxylation is 2. The summed E-state index contributed by atoms with van der Waals surface area (Å²) in [5.41, 5.74) is 1.87. The number of nitrogens with one attached hydrogen (secondary N) is 1. The van der Waals surface area contributed by atoms with Crippen LogP contribution in [0.3, 0.4) is 0 Å². The molecule has 5 nitrogen and oxygen atoms in total. The van der Waals surface area contributed by atoms with E-state index in [1.54, 1.807) is 11.7 Å².